The smallest absolute Gasteiger partial charge is 0.341 e. The Morgan fingerprint density at radius 2 is 1.95 bits per heavy atom. The second kappa shape index (κ2) is 7.12. The summed E-state index contributed by atoms with van der Waals surface area (Å²) in [6.45, 7) is -0.0766. The summed E-state index contributed by atoms with van der Waals surface area (Å²) in [6.07, 6.45) is 1.32. The van der Waals surface area contributed by atoms with Gasteiger partial charge in [0.2, 0.25) is 0 Å². The molecule has 1 aromatic carbocycles. The van der Waals surface area contributed by atoms with Crippen molar-refractivity contribution >= 4 is 17.7 Å². The van der Waals surface area contributed by atoms with E-state index in [1.54, 1.807) is 0 Å². The summed E-state index contributed by atoms with van der Waals surface area (Å²) in [5.41, 5.74) is 0.571. The molecule has 0 spiro atoms. The first-order valence-corrected chi connectivity index (χ1v) is 6.75. The highest BCUT2D eigenvalue weighted by Crippen LogP contribution is 2.26. The van der Waals surface area contributed by atoms with Crippen molar-refractivity contribution in [3.05, 3.63) is 59.5 Å². The van der Waals surface area contributed by atoms with Gasteiger partial charge in [0, 0.05) is 6.20 Å². The molecule has 0 unspecified atom stereocenters. The van der Waals surface area contributed by atoms with E-state index in [2.05, 4.69) is 4.98 Å². The summed E-state index contributed by atoms with van der Waals surface area (Å²) >= 11 is 0.182. The first kappa shape index (κ1) is 15.4. The SMILES string of the molecule is O=C(OCc1ccc(F)cc1)c1cccnc1SC(F)F. The van der Waals surface area contributed by atoms with Crippen LogP contribution >= 0.6 is 11.8 Å². The number of halogens is 3. The van der Waals surface area contributed by atoms with Crippen molar-refractivity contribution in [3.8, 4) is 0 Å². The van der Waals surface area contributed by atoms with Crippen LogP contribution in [0.5, 0.6) is 0 Å². The molecule has 0 aliphatic heterocycles. The zero-order chi connectivity index (χ0) is 15.2. The van der Waals surface area contributed by atoms with Crippen molar-refractivity contribution in [1.29, 1.82) is 0 Å². The number of hydrogen-bond donors (Lipinski definition) is 0. The number of aromatic nitrogens is 1. The van der Waals surface area contributed by atoms with Gasteiger partial charge in [0.15, 0.2) is 0 Å². The number of carbonyl (C=O) groups excluding carboxylic acids is 1. The van der Waals surface area contributed by atoms with Crippen LogP contribution in [0.4, 0.5) is 13.2 Å². The van der Waals surface area contributed by atoms with E-state index < -0.39 is 17.5 Å². The molecule has 2 aromatic rings. The molecule has 0 aliphatic rings. The van der Waals surface area contributed by atoms with E-state index in [9.17, 15) is 18.0 Å². The Kier molecular flexibility index (Phi) is 5.21. The standard InChI is InChI=1S/C14H10F3NO2S/c15-10-5-3-9(4-6-10)8-20-13(19)11-2-1-7-18-12(11)21-14(16)17/h1-7,14H,8H2. The molecular weight excluding hydrogens is 303 g/mol. The van der Waals surface area contributed by atoms with Crippen LogP contribution in [0, 0.1) is 5.82 Å². The van der Waals surface area contributed by atoms with Gasteiger partial charge in [-0.05, 0) is 41.6 Å². The maximum atomic E-state index is 12.7. The predicted molar refractivity (Wildman–Crippen MR) is 71.6 cm³/mol. The highest BCUT2D eigenvalue weighted by Gasteiger charge is 2.17. The molecule has 110 valence electrons. The predicted octanol–water partition coefficient (Wildman–Crippen LogP) is 3.89. The molecule has 0 saturated carbocycles. The zero-order valence-electron chi connectivity index (χ0n) is 10.6. The van der Waals surface area contributed by atoms with Crippen molar-refractivity contribution in [3.63, 3.8) is 0 Å². The molecule has 3 nitrogen and oxygen atoms in total. The summed E-state index contributed by atoms with van der Waals surface area (Å²) in [5.74, 6) is -3.83. The number of hydrogen-bond acceptors (Lipinski definition) is 4. The van der Waals surface area contributed by atoms with Crippen molar-refractivity contribution in [2.45, 2.75) is 17.4 Å². The molecule has 0 N–H and O–H groups in total. The number of benzene rings is 1. The molecule has 0 saturated heterocycles. The second-order valence-electron chi connectivity index (χ2n) is 3.94. The molecule has 1 aromatic heterocycles. The average molecular weight is 313 g/mol. The van der Waals surface area contributed by atoms with Gasteiger partial charge in [-0.2, -0.15) is 8.78 Å². The molecule has 0 bridgehead atoms. The zero-order valence-corrected chi connectivity index (χ0v) is 11.4. The number of esters is 1. The third-order valence-corrected chi connectivity index (χ3v) is 3.20. The number of thioether (sulfide) groups is 1. The molecule has 0 fully saturated rings. The van der Waals surface area contributed by atoms with E-state index in [0.29, 0.717) is 5.56 Å². The fraction of sp³-hybridized carbons (Fsp3) is 0.143. The van der Waals surface area contributed by atoms with Crippen molar-refractivity contribution < 1.29 is 22.7 Å². The van der Waals surface area contributed by atoms with E-state index in [4.69, 9.17) is 4.74 Å². The van der Waals surface area contributed by atoms with Gasteiger partial charge in [-0.3, -0.25) is 0 Å². The normalized spacial score (nSPS) is 10.7. The first-order valence-electron chi connectivity index (χ1n) is 5.87. The van der Waals surface area contributed by atoms with Crippen LogP contribution < -0.4 is 0 Å². The van der Waals surface area contributed by atoms with Crippen molar-refractivity contribution in [2.75, 3.05) is 0 Å². The van der Waals surface area contributed by atoms with Gasteiger partial charge in [-0.25, -0.2) is 14.2 Å². The fourth-order valence-corrected chi connectivity index (χ4v) is 2.10. The summed E-state index contributed by atoms with van der Waals surface area (Å²) in [4.78, 5) is 15.6. The topological polar surface area (TPSA) is 39.2 Å². The minimum Gasteiger partial charge on any atom is -0.457 e. The molecule has 21 heavy (non-hydrogen) atoms. The monoisotopic (exact) mass is 313 g/mol. The Morgan fingerprint density at radius 3 is 2.62 bits per heavy atom. The fourth-order valence-electron chi connectivity index (χ4n) is 1.53. The molecule has 0 atom stereocenters. The minimum absolute atomic E-state index is 0.0232. The lowest BCUT2D eigenvalue weighted by Gasteiger charge is -2.08. The Labute approximate surface area is 123 Å². The molecular formula is C14H10F3NO2S. The molecule has 0 amide bonds. The van der Waals surface area contributed by atoms with Gasteiger partial charge in [0.25, 0.3) is 5.76 Å². The van der Waals surface area contributed by atoms with Gasteiger partial charge < -0.3 is 4.74 Å². The summed E-state index contributed by atoms with van der Waals surface area (Å²) in [5, 5.41) is -0.0865. The number of rotatable bonds is 5. The average Bonchev–Trinajstić information content (AvgIpc) is 2.46. The highest BCUT2D eigenvalue weighted by molar-refractivity contribution is 7.99. The maximum Gasteiger partial charge on any atom is 0.341 e. The minimum atomic E-state index is -2.68. The summed E-state index contributed by atoms with van der Waals surface area (Å²) < 4.78 is 42.5. The van der Waals surface area contributed by atoms with E-state index in [-0.39, 0.29) is 29.0 Å². The Hall–Kier alpha value is -2.02. The number of carbonyl (C=O) groups is 1. The molecule has 0 radical (unpaired) electrons. The van der Waals surface area contributed by atoms with Gasteiger partial charge in [-0.15, -0.1) is 0 Å². The second-order valence-corrected chi connectivity index (χ2v) is 4.92. The Balaban J connectivity index is 2.05. The number of nitrogens with zero attached hydrogens (tertiary/aromatic N) is 1. The highest BCUT2D eigenvalue weighted by atomic mass is 32.2. The number of ether oxygens (including phenoxy) is 1. The van der Waals surface area contributed by atoms with Crippen LogP contribution in [0.15, 0.2) is 47.6 Å². The number of pyridine rings is 1. The molecule has 2 rings (SSSR count). The lowest BCUT2D eigenvalue weighted by molar-refractivity contribution is 0.0467. The van der Waals surface area contributed by atoms with E-state index in [1.807, 2.05) is 0 Å². The van der Waals surface area contributed by atoms with Crippen molar-refractivity contribution in [1.82, 2.24) is 4.98 Å². The maximum absolute atomic E-state index is 12.7. The van der Waals surface area contributed by atoms with Crippen LogP contribution in [0.3, 0.4) is 0 Å². The number of alkyl halides is 2. The van der Waals surface area contributed by atoms with E-state index in [0.717, 1.165) is 0 Å². The van der Waals surface area contributed by atoms with Crippen molar-refractivity contribution in [2.24, 2.45) is 0 Å². The quantitative estimate of drug-likeness (QED) is 0.620. The van der Waals surface area contributed by atoms with Crippen LogP contribution in [-0.2, 0) is 11.3 Å². The lowest BCUT2D eigenvalue weighted by Crippen LogP contribution is -2.08. The Bertz CT molecular complexity index is 620. The van der Waals surface area contributed by atoms with E-state index >= 15 is 0 Å². The summed E-state index contributed by atoms with van der Waals surface area (Å²) in [7, 11) is 0. The molecule has 7 heteroatoms. The first-order chi connectivity index (χ1) is 10.1. The van der Waals surface area contributed by atoms with Crippen LogP contribution in [0.25, 0.3) is 0 Å². The third kappa shape index (κ3) is 4.49. The largest absolute Gasteiger partial charge is 0.457 e. The van der Waals surface area contributed by atoms with E-state index in [1.165, 1.54) is 42.6 Å². The Morgan fingerprint density at radius 1 is 1.24 bits per heavy atom. The third-order valence-electron chi connectivity index (χ3n) is 2.47. The van der Waals surface area contributed by atoms with Gasteiger partial charge in [0.05, 0.1) is 5.56 Å². The van der Waals surface area contributed by atoms with Crippen LogP contribution in [-0.4, -0.2) is 16.7 Å². The van der Waals surface area contributed by atoms with Crippen LogP contribution in [0.1, 0.15) is 15.9 Å². The van der Waals surface area contributed by atoms with Gasteiger partial charge in [0.1, 0.15) is 17.5 Å². The van der Waals surface area contributed by atoms with Gasteiger partial charge >= 0.3 is 5.97 Å². The van der Waals surface area contributed by atoms with Crippen LogP contribution in [0.2, 0.25) is 0 Å². The van der Waals surface area contributed by atoms with Gasteiger partial charge in [-0.1, -0.05) is 12.1 Å². The lowest BCUT2D eigenvalue weighted by atomic mass is 10.2. The molecule has 1 heterocycles. The summed E-state index contributed by atoms with van der Waals surface area (Å²) in [6, 6.07) is 8.26. The molecule has 0 aliphatic carbocycles.